The molecule has 0 aromatic heterocycles. The summed E-state index contributed by atoms with van der Waals surface area (Å²) in [7, 11) is 0. The van der Waals surface area contributed by atoms with Crippen molar-refractivity contribution in [3.63, 3.8) is 0 Å². The van der Waals surface area contributed by atoms with Crippen molar-refractivity contribution < 1.29 is 9.66 Å². The normalized spacial score (nSPS) is 12.0. The van der Waals surface area contributed by atoms with Gasteiger partial charge < -0.3 is 4.74 Å². The van der Waals surface area contributed by atoms with E-state index in [4.69, 9.17) is 10.00 Å². The van der Waals surface area contributed by atoms with Crippen molar-refractivity contribution in [3.05, 3.63) is 10.1 Å². The second-order valence-corrected chi connectivity index (χ2v) is 3.72. The number of nitrogens with zero attached hydrogens (tertiary/aromatic N) is 2. The van der Waals surface area contributed by atoms with Crippen LogP contribution < -0.4 is 0 Å². The Labute approximate surface area is 96.5 Å². The van der Waals surface area contributed by atoms with Gasteiger partial charge in [-0.05, 0) is 19.3 Å². The molecule has 0 aliphatic heterocycles. The highest BCUT2D eigenvalue weighted by atomic mass is 16.7. The van der Waals surface area contributed by atoms with E-state index < -0.39 is 6.23 Å². The monoisotopic (exact) mass is 228 g/mol. The van der Waals surface area contributed by atoms with Crippen molar-refractivity contribution in [3.8, 4) is 6.07 Å². The minimum absolute atomic E-state index is 0.377. The molecule has 0 spiro atoms. The summed E-state index contributed by atoms with van der Waals surface area (Å²) in [6.07, 6.45) is 4.34. The smallest absolute Gasteiger partial charge is 0.315 e. The number of nitro groups is 1. The van der Waals surface area contributed by atoms with Gasteiger partial charge >= 0.3 is 6.23 Å². The molecular weight excluding hydrogens is 208 g/mol. The van der Waals surface area contributed by atoms with Gasteiger partial charge in [0.1, 0.15) is 0 Å². The van der Waals surface area contributed by atoms with Crippen LogP contribution in [-0.4, -0.2) is 17.8 Å². The van der Waals surface area contributed by atoms with E-state index in [2.05, 4.69) is 6.92 Å². The quantitative estimate of drug-likeness (QED) is 0.249. The maximum absolute atomic E-state index is 10.6. The molecule has 0 aromatic rings. The zero-order valence-corrected chi connectivity index (χ0v) is 9.85. The molecule has 0 saturated carbocycles. The van der Waals surface area contributed by atoms with E-state index in [0.717, 1.165) is 19.3 Å². The SMILES string of the molecule is CCCCCOC(CCCCC#N)[N+](=O)[O-]. The molecule has 16 heavy (non-hydrogen) atoms. The predicted molar refractivity (Wildman–Crippen MR) is 60.3 cm³/mol. The van der Waals surface area contributed by atoms with Gasteiger partial charge in [-0.1, -0.05) is 19.8 Å². The molecule has 0 aromatic carbocycles. The Hall–Kier alpha value is -1.15. The minimum Gasteiger partial charge on any atom is -0.317 e. The maximum atomic E-state index is 10.6. The fourth-order valence-corrected chi connectivity index (χ4v) is 1.34. The first-order chi connectivity index (χ1) is 7.72. The van der Waals surface area contributed by atoms with Crippen LogP contribution in [-0.2, 0) is 4.74 Å². The molecule has 0 rings (SSSR count). The van der Waals surface area contributed by atoms with Crippen molar-refractivity contribution in [2.45, 2.75) is 58.1 Å². The van der Waals surface area contributed by atoms with Crippen LogP contribution in [0.15, 0.2) is 0 Å². The van der Waals surface area contributed by atoms with E-state index in [1.165, 1.54) is 0 Å². The molecule has 92 valence electrons. The van der Waals surface area contributed by atoms with Gasteiger partial charge in [-0.2, -0.15) is 5.26 Å². The van der Waals surface area contributed by atoms with Crippen molar-refractivity contribution in [2.75, 3.05) is 6.61 Å². The van der Waals surface area contributed by atoms with E-state index in [1.807, 2.05) is 6.07 Å². The lowest BCUT2D eigenvalue weighted by molar-refractivity contribution is -0.577. The third kappa shape index (κ3) is 8.18. The Bertz CT molecular complexity index is 226. The molecule has 0 saturated heterocycles. The number of nitriles is 1. The molecule has 5 nitrogen and oxygen atoms in total. The standard InChI is InChI=1S/C11H20N2O3/c1-2-3-7-10-16-11(13(14)15)8-5-4-6-9-12/h11H,2-8,10H2,1H3. The van der Waals surface area contributed by atoms with Crippen LogP contribution >= 0.6 is 0 Å². The molecule has 0 N–H and O–H groups in total. The Kier molecular flexibility index (Phi) is 9.63. The van der Waals surface area contributed by atoms with E-state index in [9.17, 15) is 10.1 Å². The van der Waals surface area contributed by atoms with Crippen LogP contribution in [0.3, 0.4) is 0 Å². The van der Waals surface area contributed by atoms with Gasteiger partial charge in [0.2, 0.25) is 0 Å². The highest BCUT2D eigenvalue weighted by Crippen LogP contribution is 2.08. The lowest BCUT2D eigenvalue weighted by atomic mass is 10.2. The summed E-state index contributed by atoms with van der Waals surface area (Å²) < 4.78 is 5.20. The first-order valence-corrected chi connectivity index (χ1v) is 5.84. The summed E-state index contributed by atoms with van der Waals surface area (Å²) in [5.74, 6) is 0. The first-order valence-electron chi connectivity index (χ1n) is 5.84. The molecule has 1 atom stereocenters. The minimum atomic E-state index is -0.893. The highest BCUT2D eigenvalue weighted by molar-refractivity contribution is 4.68. The van der Waals surface area contributed by atoms with Gasteiger partial charge in [-0.25, -0.2) is 0 Å². The predicted octanol–water partition coefficient (Wildman–Crippen LogP) is 2.88. The van der Waals surface area contributed by atoms with E-state index in [1.54, 1.807) is 0 Å². The van der Waals surface area contributed by atoms with Crippen LogP contribution in [0.2, 0.25) is 0 Å². The van der Waals surface area contributed by atoms with Crippen molar-refractivity contribution in [2.24, 2.45) is 0 Å². The molecule has 0 amide bonds. The average Bonchev–Trinajstić information content (AvgIpc) is 2.26. The van der Waals surface area contributed by atoms with Crippen LogP contribution in [0.4, 0.5) is 0 Å². The molecule has 1 unspecified atom stereocenters. The fourth-order valence-electron chi connectivity index (χ4n) is 1.34. The third-order valence-corrected chi connectivity index (χ3v) is 2.28. The van der Waals surface area contributed by atoms with E-state index >= 15 is 0 Å². The molecular formula is C11H20N2O3. The van der Waals surface area contributed by atoms with Crippen molar-refractivity contribution >= 4 is 0 Å². The molecule has 0 radical (unpaired) electrons. The summed E-state index contributed by atoms with van der Waals surface area (Å²) in [5, 5.41) is 19.0. The average molecular weight is 228 g/mol. The van der Waals surface area contributed by atoms with Crippen LogP contribution in [0.1, 0.15) is 51.9 Å². The van der Waals surface area contributed by atoms with E-state index in [-0.39, 0.29) is 4.92 Å². The summed E-state index contributed by atoms with van der Waals surface area (Å²) in [5.41, 5.74) is 0. The zero-order chi connectivity index (χ0) is 12.2. The number of hydrogen-bond donors (Lipinski definition) is 0. The van der Waals surface area contributed by atoms with Gasteiger partial charge in [0, 0.05) is 12.8 Å². The Balaban J connectivity index is 3.64. The van der Waals surface area contributed by atoms with Crippen molar-refractivity contribution in [1.29, 1.82) is 5.26 Å². The second kappa shape index (κ2) is 10.4. The van der Waals surface area contributed by atoms with Crippen LogP contribution in [0, 0.1) is 21.4 Å². The molecule has 0 aliphatic rings. The third-order valence-electron chi connectivity index (χ3n) is 2.28. The molecule has 5 heteroatoms. The molecule has 0 heterocycles. The largest absolute Gasteiger partial charge is 0.317 e. The summed E-state index contributed by atoms with van der Waals surface area (Å²) >= 11 is 0. The summed E-state index contributed by atoms with van der Waals surface area (Å²) in [4.78, 5) is 10.3. The number of ether oxygens (including phenoxy) is 1. The molecule has 0 fully saturated rings. The van der Waals surface area contributed by atoms with Crippen LogP contribution in [0.5, 0.6) is 0 Å². The zero-order valence-electron chi connectivity index (χ0n) is 9.85. The van der Waals surface area contributed by atoms with Gasteiger partial charge in [0.25, 0.3) is 0 Å². The highest BCUT2D eigenvalue weighted by Gasteiger charge is 2.19. The van der Waals surface area contributed by atoms with Gasteiger partial charge in [0.05, 0.1) is 17.6 Å². The topological polar surface area (TPSA) is 76.2 Å². The van der Waals surface area contributed by atoms with Gasteiger partial charge in [-0.15, -0.1) is 0 Å². The molecule has 0 aliphatic carbocycles. The summed E-state index contributed by atoms with van der Waals surface area (Å²) in [6, 6.07) is 2.02. The number of hydrogen-bond acceptors (Lipinski definition) is 4. The second-order valence-electron chi connectivity index (χ2n) is 3.72. The van der Waals surface area contributed by atoms with Gasteiger partial charge in [-0.3, -0.25) is 10.1 Å². The number of unbranched alkanes of at least 4 members (excludes halogenated alkanes) is 4. The van der Waals surface area contributed by atoms with E-state index in [0.29, 0.717) is 32.3 Å². The Morgan fingerprint density at radius 2 is 2.12 bits per heavy atom. The molecule has 0 bridgehead atoms. The van der Waals surface area contributed by atoms with Gasteiger partial charge in [0.15, 0.2) is 0 Å². The maximum Gasteiger partial charge on any atom is 0.315 e. The first kappa shape index (κ1) is 14.8. The number of rotatable bonds is 10. The van der Waals surface area contributed by atoms with Crippen LogP contribution in [0.25, 0.3) is 0 Å². The lowest BCUT2D eigenvalue weighted by Gasteiger charge is -2.09. The summed E-state index contributed by atoms with van der Waals surface area (Å²) in [6.45, 7) is 2.53. The van der Waals surface area contributed by atoms with Crippen molar-refractivity contribution in [1.82, 2.24) is 0 Å². The lowest BCUT2D eigenvalue weighted by Crippen LogP contribution is -2.23. The Morgan fingerprint density at radius 3 is 2.69 bits per heavy atom. The fraction of sp³-hybridized carbons (Fsp3) is 0.909. The Morgan fingerprint density at radius 1 is 1.38 bits per heavy atom.